The summed E-state index contributed by atoms with van der Waals surface area (Å²) < 4.78 is 10.8. The molecule has 2 aromatic carbocycles. The molecule has 0 aliphatic heterocycles. The Labute approximate surface area is 217 Å². The van der Waals surface area contributed by atoms with Crippen molar-refractivity contribution in [2.24, 2.45) is 0 Å². The second-order valence-electron chi connectivity index (χ2n) is 8.84. The summed E-state index contributed by atoms with van der Waals surface area (Å²) in [5.41, 5.74) is -0.752. The number of carbonyl (C=O) groups is 4. The van der Waals surface area contributed by atoms with Crippen LogP contribution in [0.25, 0.3) is 0 Å². The largest absolute Gasteiger partial charge is 0.504 e. The average molecular weight is 513 g/mol. The summed E-state index contributed by atoms with van der Waals surface area (Å²) in [4.78, 5) is 52.4. The number of ketones is 2. The molecule has 0 heterocycles. The molecular formula is C29H36O8. The third kappa shape index (κ3) is 7.90. The lowest BCUT2D eigenvalue weighted by atomic mass is 9.90. The molecule has 0 radical (unpaired) electrons. The van der Waals surface area contributed by atoms with Crippen molar-refractivity contribution in [2.75, 3.05) is 0 Å². The van der Waals surface area contributed by atoms with Crippen LogP contribution in [0.2, 0.25) is 0 Å². The molecule has 0 fully saturated rings. The lowest BCUT2D eigenvalue weighted by Crippen LogP contribution is -2.21. The van der Waals surface area contributed by atoms with Gasteiger partial charge in [-0.2, -0.15) is 0 Å². The minimum atomic E-state index is -1.04. The quantitative estimate of drug-likeness (QED) is 0.123. The van der Waals surface area contributed by atoms with Gasteiger partial charge >= 0.3 is 11.9 Å². The molecule has 0 atom stereocenters. The Morgan fingerprint density at radius 3 is 1.81 bits per heavy atom. The molecule has 0 saturated heterocycles. The van der Waals surface area contributed by atoms with Crippen LogP contribution in [0.15, 0.2) is 30.3 Å². The van der Waals surface area contributed by atoms with Gasteiger partial charge in [0.05, 0.1) is 16.7 Å². The van der Waals surface area contributed by atoms with Crippen LogP contribution in [0.4, 0.5) is 0 Å². The highest BCUT2D eigenvalue weighted by molar-refractivity contribution is 6.17. The maximum Gasteiger partial charge on any atom is 0.340 e. The Hall–Kier alpha value is -3.68. The minimum absolute atomic E-state index is 0.00423. The summed E-state index contributed by atoms with van der Waals surface area (Å²) in [5, 5.41) is 21.7. The molecule has 0 amide bonds. The SMILES string of the molecule is CCCCC(=O)Oc1c(O)c(O)c(C(=O)CCCC)c(C(=O)OCc2ccccc2)c1C(=O)CCCC. The Morgan fingerprint density at radius 2 is 1.24 bits per heavy atom. The predicted octanol–water partition coefficient (Wildman–Crippen LogP) is 6.30. The van der Waals surface area contributed by atoms with Crippen molar-refractivity contribution in [1.82, 2.24) is 0 Å². The number of ether oxygens (including phenoxy) is 2. The van der Waals surface area contributed by atoms with Gasteiger partial charge in [-0.25, -0.2) is 4.79 Å². The van der Waals surface area contributed by atoms with E-state index in [9.17, 15) is 29.4 Å². The van der Waals surface area contributed by atoms with Crippen LogP contribution in [0.3, 0.4) is 0 Å². The average Bonchev–Trinajstić information content (AvgIpc) is 2.90. The number of esters is 2. The first kappa shape index (κ1) is 29.5. The van der Waals surface area contributed by atoms with Gasteiger partial charge in [-0.3, -0.25) is 14.4 Å². The van der Waals surface area contributed by atoms with Crippen LogP contribution in [-0.4, -0.2) is 33.7 Å². The van der Waals surface area contributed by atoms with Gasteiger partial charge in [0, 0.05) is 19.3 Å². The van der Waals surface area contributed by atoms with E-state index in [0.29, 0.717) is 44.1 Å². The van der Waals surface area contributed by atoms with Crippen molar-refractivity contribution in [1.29, 1.82) is 0 Å². The van der Waals surface area contributed by atoms with Gasteiger partial charge in [-0.05, 0) is 24.8 Å². The van der Waals surface area contributed by atoms with Crippen LogP contribution in [0, 0.1) is 0 Å². The monoisotopic (exact) mass is 512 g/mol. The number of aromatic hydroxyl groups is 2. The van der Waals surface area contributed by atoms with Crippen LogP contribution in [0.1, 0.15) is 115 Å². The molecule has 200 valence electrons. The highest BCUT2D eigenvalue weighted by Crippen LogP contribution is 2.46. The van der Waals surface area contributed by atoms with Gasteiger partial charge < -0.3 is 19.7 Å². The van der Waals surface area contributed by atoms with Crippen LogP contribution < -0.4 is 4.74 Å². The summed E-state index contributed by atoms with van der Waals surface area (Å²) in [7, 11) is 0. The normalized spacial score (nSPS) is 10.7. The molecule has 0 bridgehead atoms. The van der Waals surface area contributed by atoms with E-state index in [1.54, 1.807) is 30.3 Å². The maximum atomic E-state index is 13.4. The number of rotatable bonds is 15. The Bertz CT molecular complexity index is 1100. The highest BCUT2D eigenvalue weighted by atomic mass is 16.5. The van der Waals surface area contributed by atoms with Gasteiger partial charge in [0.1, 0.15) is 6.61 Å². The van der Waals surface area contributed by atoms with Crippen molar-refractivity contribution in [3.63, 3.8) is 0 Å². The fraction of sp³-hybridized carbons (Fsp3) is 0.448. The number of hydrogen-bond acceptors (Lipinski definition) is 8. The van der Waals surface area contributed by atoms with E-state index in [1.807, 2.05) is 20.8 Å². The minimum Gasteiger partial charge on any atom is -0.504 e. The van der Waals surface area contributed by atoms with Gasteiger partial charge in [-0.15, -0.1) is 0 Å². The number of phenolic OH excluding ortho intramolecular Hbond substituents is 2. The molecule has 2 aromatic rings. The van der Waals surface area contributed by atoms with E-state index in [4.69, 9.17) is 9.47 Å². The molecular weight excluding hydrogens is 476 g/mol. The lowest BCUT2D eigenvalue weighted by Gasteiger charge is -2.20. The Kier molecular flexibility index (Phi) is 11.8. The molecule has 0 aromatic heterocycles. The molecule has 2 rings (SSSR count). The van der Waals surface area contributed by atoms with Gasteiger partial charge in [0.2, 0.25) is 5.75 Å². The molecule has 0 saturated carbocycles. The summed E-state index contributed by atoms with van der Waals surface area (Å²) in [6.45, 7) is 5.48. The number of unbranched alkanes of at least 4 members (excludes halogenated alkanes) is 3. The van der Waals surface area contributed by atoms with Crippen LogP contribution >= 0.6 is 0 Å². The molecule has 37 heavy (non-hydrogen) atoms. The van der Waals surface area contributed by atoms with E-state index in [-0.39, 0.29) is 25.9 Å². The Morgan fingerprint density at radius 1 is 0.703 bits per heavy atom. The lowest BCUT2D eigenvalue weighted by molar-refractivity contribution is -0.134. The van der Waals surface area contributed by atoms with E-state index in [1.165, 1.54) is 0 Å². The standard InChI is InChI=1S/C29H36O8/c1-4-7-15-20(30)23-25(29(35)36-18-19-13-11-10-12-14-19)24(21(31)16-8-5-2)28(27(34)26(23)33)37-22(32)17-9-6-3/h10-14,33-34H,4-9,15-18H2,1-3H3. The molecule has 2 N–H and O–H groups in total. The van der Waals surface area contributed by atoms with Crippen molar-refractivity contribution in [3.8, 4) is 17.2 Å². The van der Waals surface area contributed by atoms with Crippen molar-refractivity contribution in [2.45, 2.75) is 85.2 Å². The number of carbonyl (C=O) groups excluding carboxylic acids is 4. The molecule has 0 aliphatic rings. The molecule has 8 nitrogen and oxygen atoms in total. The van der Waals surface area contributed by atoms with Gasteiger partial charge in [0.25, 0.3) is 0 Å². The fourth-order valence-electron chi connectivity index (χ4n) is 3.75. The van der Waals surface area contributed by atoms with Gasteiger partial charge in [0.15, 0.2) is 23.1 Å². The van der Waals surface area contributed by atoms with Crippen molar-refractivity contribution < 1.29 is 38.9 Å². The summed E-state index contributed by atoms with van der Waals surface area (Å²) in [6, 6.07) is 8.81. The van der Waals surface area contributed by atoms with E-state index < -0.39 is 57.4 Å². The number of benzene rings is 2. The topological polar surface area (TPSA) is 127 Å². The second-order valence-corrected chi connectivity index (χ2v) is 8.84. The van der Waals surface area contributed by atoms with E-state index in [2.05, 4.69) is 0 Å². The zero-order valence-corrected chi connectivity index (χ0v) is 21.8. The molecule has 0 spiro atoms. The third-order valence-corrected chi connectivity index (χ3v) is 5.84. The summed E-state index contributed by atoms with van der Waals surface area (Å²) >= 11 is 0. The zero-order valence-electron chi connectivity index (χ0n) is 21.8. The fourth-order valence-corrected chi connectivity index (χ4v) is 3.75. The van der Waals surface area contributed by atoms with Crippen molar-refractivity contribution in [3.05, 3.63) is 52.6 Å². The summed E-state index contributed by atoms with van der Waals surface area (Å²) in [6.07, 6.45) is 3.42. The first-order valence-electron chi connectivity index (χ1n) is 12.9. The number of hydrogen-bond donors (Lipinski definition) is 2. The van der Waals surface area contributed by atoms with Crippen LogP contribution in [-0.2, 0) is 16.1 Å². The van der Waals surface area contributed by atoms with Crippen LogP contribution in [0.5, 0.6) is 17.2 Å². The Balaban J connectivity index is 2.72. The zero-order chi connectivity index (χ0) is 27.4. The maximum absolute atomic E-state index is 13.4. The predicted molar refractivity (Wildman–Crippen MR) is 138 cm³/mol. The van der Waals surface area contributed by atoms with E-state index in [0.717, 1.165) is 0 Å². The molecule has 0 unspecified atom stereocenters. The third-order valence-electron chi connectivity index (χ3n) is 5.84. The molecule has 0 aliphatic carbocycles. The first-order valence-corrected chi connectivity index (χ1v) is 12.9. The van der Waals surface area contributed by atoms with E-state index >= 15 is 0 Å². The second kappa shape index (κ2) is 14.8. The number of Topliss-reactive ketones (excluding diaryl/α,β-unsaturated/α-hetero) is 2. The van der Waals surface area contributed by atoms with Gasteiger partial charge in [-0.1, -0.05) is 70.4 Å². The summed E-state index contributed by atoms with van der Waals surface area (Å²) in [5.74, 6) is -5.48. The molecule has 8 heteroatoms. The first-order chi connectivity index (χ1) is 17.8. The number of phenols is 2. The highest BCUT2D eigenvalue weighted by Gasteiger charge is 2.36. The smallest absolute Gasteiger partial charge is 0.340 e. The van der Waals surface area contributed by atoms with Crippen molar-refractivity contribution >= 4 is 23.5 Å².